The molecule has 2 unspecified atom stereocenters. The monoisotopic (exact) mass is 179 g/mol. The van der Waals surface area contributed by atoms with Gasteiger partial charge in [0, 0.05) is 12.1 Å². The number of nitrogens with one attached hydrogen (secondary N) is 1. The Balaban J connectivity index is 1.66. The molecule has 13 heavy (non-hydrogen) atoms. The number of hydrogen-bond donors (Lipinski definition) is 1. The second-order valence-corrected chi connectivity index (χ2v) is 5.74. The second-order valence-electron chi connectivity index (χ2n) is 5.74. The summed E-state index contributed by atoms with van der Waals surface area (Å²) in [5, 5.41) is 3.74. The zero-order valence-corrected chi connectivity index (χ0v) is 8.79. The van der Waals surface area contributed by atoms with Gasteiger partial charge >= 0.3 is 0 Å². The minimum atomic E-state index is 0.685. The van der Waals surface area contributed by atoms with Gasteiger partial charge in [0.05, 0.1) is 0 Å². The van der Waals surface area contributed by atoms with Gasteiger partial charge in [0.15, 0.2) is 0 Å². The lowest BCUT2D eigenvalue weighted by atomic mass is 9.62. The predicted molar refractivity (Wildman–Crippen MR) is 54.5 cm³/mol. The van der Waals surface area contributed by atoms with Crippen LogP contribution in [0.5, 0.6) is 0 Å². The zero-order chi connectivity index (χ0) is 9.00. The quantitative estimate of drug-likeness (QED) is 0.686. The fourth-order valence-electron chi connectivity index (χ4n) is 4.29. The van der Waals surface area contributed by atoms with Crippen LogP contribution in [0.15, 0.2) is 0 Å². The second kappa shape index (κ2) is 2.73. The van der Waals surface area contributed by atoms with E-state index < -0.39 is 0 Å². The molecule has 0 aliphatic heterocycles. The minimum absolute atomic E-state index is 0.685. The Morgan fingerprint density at radius 1 is 1.08 bits per heavy atom. The molecule has 0 aromatic heterocycles. The molecule has 1 N–H and O–H groups in total. The summed E-state index contributed by atoms with van der Waals surface area (Å²) in [6.45, 7) is 4.56. The highest BCUT2D eigenvalue weighted by molar-refractivity contribution is 5.08. The highest BCUT2D eigenvalue weighted by Gasteiger charge is 2.56. The van der Waals surface area contributed by atoms with Gasteiger partial charge in [0.25, 0.3) is 0 Å². The van der Waals surface area contributed by atoms with Gasteiger partial charge in [0.1, 0.15) is 0 Å². The fourth-order valence-corrected chi connectivity index (χ4v) is 4.29. The molecule has 3 saturated carbocycles. The van der Waals surface area contributed by atoms with Gasteiger partial charge in [-0.2, -0.15) is 0 Å². The smallest absolute Gasteiger partial charge is 0.0106 e. The Kier molecular flexibility index (Phi) is 1.74. The average molecular weight is 179 g/mol. The summed E-state index contributed by atoms with van der Waals surface area (Å²) >= 11 is 0. The summed E-state index contributed by atoms with van der Waals surface area (Å²) in [5.41, 5.74) is 0. The summed E-state index contributed by atoms with van der Waals surface area (Å²) in [7, 11) is 0. The molecule has 1 heteroatoms. The van der Waals surface area contributed by atoms with Gasteiger partial charge < -0.3 is 5.32 Å². The summed E-state index contributed by atoms with van der Waals surface area (Å²) < 4.78 is 0. The van der Waals surface area contributed by atoms with Gasteiger partial charge in [-0.05, 0) is 49.4 Å². The van der Waals surface area contributed by atoms with Crippen molar-refractivity contribution < 1.29 is 0 Å². The molecular formula is C12H21N. The lowest BCUT2D eigenvalue weighted by Gasteiger charge is -2.48. The van der Waals surface area contributed by atoms with Crippen LogP contribution in [0.1, 0.15) is 39.5 Å². The maximum atomic E-state index is 3.74. The molecule has 3 rings (SSSR count). The molecular weight excluding hydrogens is 158 g/mol. The van der Waals surface area contributed by atoms with Crippen LogP contribution in [-0.4, -0.2) is 12.1 Å². The SMILES string of the molecule is CC(C)N[C@H]1C[C@H]2C3CCC(C3)[C@@H]12. The topological polar surface area (TPSA) is 12.0 Å². The molecule has 0 radical (unpaired) electrons. The lowest BCUT2D eigenvalue weighted by Crippen LogP contribution is -2.54. The van der Waals surface area contributed by atoms with Crippen molar-refractivity contribution in [2.45, 2.75) is 51.6 Å². The Labute approximate surface area is 81.3 Å². The molecule has 3 aliphatic rings. The van der Waals surface area contributed by atoms with Crippen LogP contribution in [-0.2, 0) is 0 Å². The average Bonchev–Trinajstić information content (AvgIpc) is 2.54. The number of fused-ring (bicyclic) bond motifs is 5. The summed E-state index contributed by atoms with van der Waals surface area (Å²) in [4.78, 5) is 0. The Bertz CT molecular complexity index is 209. The van der Waals surface area contributed by atoms with E-state index in [0.29, 0.717) is 6.04 Å². The minimum Gasteiger partial charge on any atom is -0.311 e. The predicted octanol–water partition coefficient (Wildman–Crippen LogP) is 2.42. The van der Waals surface area contributed by atoms with Crippen LogP contribution < -0.4 is 5.32 Å². The molecule has 0 spiro atoms. The van der Waals surface area contributed by atoms with E-state index in [1.807, 2.05) is 0 Å². The number of hydrogen-bond acceptors (Lipinski definition) is 1. The van der Waals surface area contributed by atoms with E-state index >= 15 is 0 Å². The summed E-state index contributed by atoms with van der Waals surface area (Å²) in [6, 6.07) is 1.57. The molecule has 74 valence electrons. The van der Waals surface area contributed by atoms with Crippen molar-refractivity contribution in [2.75, 3.05) is 0 Å². The van der Waals surface area contributed by atoms with Crippen LogP contribution in [0.4, 0.5) is 0 Å². The first-order valence-electron chi connectivity index (χ1n) is 6.01. The molecule has 0 aromatic rings. The van der Waals surface area contributed by atoms with Gasteiger partial charge in [-0.1, -0.05) is 13.8 Å². The fraction of sp³-hybridized carbons (Fsp3) is 1.00. The zero-order valence-electron chi connectivity index (χ0n) is 8.79. The van der Waals surface area contributed by atoms with Crippen LogP contribution in [0.25, 0.3) is 0 Å². The van der Waals surface area contributed by atoms with Crippen molar-refractivity contribution in [3.8, 4) is 0 Å². The first-order valence-corrected chi connectivity index (χ1v) is 6.01. The standard InChI is InChI=1S/C12H21N/c1-7(2)13-11-6-10-8-3-4-9(5-8)12(10)11/h7-13H,3-6H2,1-2H3/t8?,9?,10-,11-,12+/m0/s1. The summed E-state index contributed by atoms with van der Waals surface area (Å²) in [6.07, 6.45) is 6.16. The van der Waals surface area contributed by atoms with E-state index in [4.69, 9.17) is 0 Å². The lowest BCUT2D eigenvalue weighted by molar-refractivity contribution is 0.0452. The normalized spacial score (nSPS) is 52.4. The van der Waals surface area contributed by atoms with Crippen LogP contribution in [0.2, 0.25) is 0 Å². The number of rotatable bonds is 2. The van der Waals surface area contributed by atoms with E-state index in [9.17, 15) is 0 Å². The largest absolute Gasteiger partial charge is 0.311 e. The van der Waals surface area contributed by atoms with Crippen LogP contribution in [0, 0.1) is 23.7 Å². The maximum absolute atomic E-state index is 3.74. The molecule has 0 amide bonds. The van der Waals surface area contributed by atoms with Gasteiger partial charge in [0.2, 0.25) is 0 Å². The third-order valence-electron chi connectivity index (χ3n) is 4.70. The molecule has 1 nitrogen and oxygen atoms in total. The van der Waals surface area contributed by atoms with Crippen molar-refractivity contribution in [3.05, 3.63) is 0 Å². The van der Waals surface area contributed by atoms with Crippen molar-refractivity contribution in [2.24, 2.45) is 23.7 Å². The molecule has 0 saturated heterocycles. The molecule has 0 aromatic carbocycles. The third-order valence-corrected chi connectivity index (χ3v) is 4.70. The highest BCUT2D eigenvalue weighted by Crippen LogP contribution is 2.61. The van der Waals surface area contributed by atoms with Crippen molar-refractivity contribution in [1.82, 2.24) is 5.32 Å². The molecule has 3 fully saturated rings. The summed E-state index contributed by atoms with van der Waals surface area (Å²) in [5.74, 6) is 4.47. The van der Waals surface area contributed by atoms with E-state index in [1.54, 1.807) is 19.3 Å². The van der Waals surface area contributed by atoms with E-state index in [2.05, 4.69) is 19.2 Å². The van der Waals surface area contributed by atoms with E-state index in [-0.39, 0.29) is 0 Å². The molecule has 3 aliphatic carbocycles. The maximum Gasteiger partial charge on any atom is 0.0106 e. The van der Waals surface area contributed by atoms with Gasteiger partial charge in [-0.25, -0.2) is 0 Å². The van der Waals surface area contributed by atoms with Crippen LogP contribution in [0.3, 0.4) is 0 Å². The van der Waals surface area contributed by atoms with Crippen LogP contribution >= 0.6 is 0 Å². The van der Waals surface area contributed by atoms with Gasteiger partial charge in [-0.15, -0.1) is 0 Å². The Hall–Kier alpha value is -0.0400. The molecule has 2 bridgehead atoms. The van der Waals surface area contributed by atoms with Gasteiger partial charge in [-0.3, -0.25) is 0 Å². The Morgan fingerprint density at radius 3 is 2.54 bits per heavy atom. The first kappa shape index (κ1) is 8.28. The molecule has 0 heterocycles. The first-order chi connectivity index (χ1) is 6.25. The highest BCUT2D eigenvalue weighted by atomic mass is 15.0. The van der Waals surface area contributed by atoms with Crippen molar-refractivity contribution in [1.29, 1.82) is 0 Å². The molecule has 5 atom stereocenters. The van der Waals surface area contributed by atoms with E-state index in [0.717, 1.165) is 29.7 Å². The van der Waals surface area contributed by atoms with Crippen molar-refractivity contribution >= 4 is 0 Å². The van der Waals surface area contributed by atoms with Crippen molar-refractivity contribution in [3.63, 3.8) is 0 Å². The third kappa shape index (κ3) is 1.09. The van der Waals surface area contributed by atoms with E-state index in [1.165, 1.54) is 6.42 Å². The Morgan fingerprint density at radius 2 is 1.85 bits per heavy atom.